The third kappa shape index (κ3) is 3.05. The van der Waals surface area contributed by atoms with Crippen molar-refractivity contribution in [3.63, 3.8) is 0 Å². The molecule has 0 atom stereocenters. The van der Waals surface area contributed by atoms with E-state index in [4.69, 9.17) is 21.4 Å². The number of aromatic nitrogens is 1. The Bertz CT molecular complexity index is 529. The van der Waals surface area contributed by atoms with Gasteiger partial charge in [-0.15, -0.1) is 0 Å². The van der Waals surface area contributed by atoms with Crippen LogP contribution in [0.3, 0.4) is 0 Å². The summed E-state index contributed by atoms with van der Waals surface area (Å²) in [6.45, 7) is 0.525. The number of hydrogen-bond donors (Lipinski definition) is 2. The molecule has 0 radical (unpaired) electrons. The van der Waals surface area contributed by atoms with Crippen LogP contribution in [-0.2, 0) is 6.54 Å². The predicted molar refractivity (Wildman–Crippen MR) is 71.2 cm³/mol. The van der Waals surface area contributed by atoms with Gasteiger partial charge in [0.15, 0.2) is 0 Å². The van der Waals surface area contributed by atoms with Crippen LogP contribution in [-0.4, -0.2) is 17.2 Å². The van der Waals surface area contributed by atoms with Crippen molar-refractivity contribution in [3.8, 4) is 11.5 Å². The predicted octanol–water partition coefficient (Wildman–Crippen LogP) is 3.06. The van der Waals surface area contributed by atoms with Gasteiger partial charge in [-0.05, 0) is 30.3 Å². The Morgan fingerprint density at radius 2 is 2.17 bits per heavy atom. The van der Waals surface area contributed by atoms with Crippen LogP contribution in [0, 0.1) is 0 Å². The van der Waals surface area contributed by atoms with E-state index >= 15 is 0 Å². The van der Waals surface area contributed by atoms with Gasteiger partial charge in [0.05, 0.1) is 31.2 Å². The third-order valence-corrected chi connectivity index (χ3v) is 2.67. The molecule has 4 nitrogen and oxygen atoms in total. The van der Waals surface area contributed by atoms with Gasteiger partial charge in [0.2, 0.25) is 0 Å². The molecule has 5 heteroatoms. The lowest BCUT2D eigenvalue weighted by Gasteiger charge is -2.11. The van der Waals surface area contributed by atoms with Crippen LogP contribution in [0.4, 0.5) is 5.69 Å². The zero-order valence-electron chi connectivity index (χ0n) is 9.85. The number of nitrogens with one attached hydrogen (secondary N) is 1. The van der Waals surface area contributed by atoms with Crippen LogP contribution < -0.4 is 10.1 Å². The van der Waals surface area contributed by atoms with Gasteiger partial charge >= 0.3 is 0 Å². The molecule has 1 heterocycles. The molecule has 0 spiro atoms. The minimum absolute atomic E-state index is 0.152. The summed E-state index contributed by atoms with van der Waals surface area (Å²) in [6.07, 6.45) is 1.41. The average molecular weight is 265 g/mol. The molecule has 94 valence electrons. The molecule has 0 amide bonds. The fourth-order valence-electron chi connectivity index (χ4n) is 1.53. The summed E-state index contributed by atoms with van der Waals surface area (Å²) in [6, 6.07) is 8.71. The SMILES string of the molecule is COc1ccc(Cl)cc1NCc1ccc(O)cn1. The van der Waals surface area contributed by atoms with Gasteiger partial charge in [0.25, 0.3) is 0 Å². The summed E-state index contributed by atoms with van der Waals surface area (Å²) in [5, 5.41) is 13.0. The molecule has 2 rings (SSSR count). The van der Waals surface area contributed by atoms with Crippen LogP contribution in [0.2, 0.25) is 5.02 Å². The smallest absolute Gasteiger partial charge is 0.142 e. The second kappa shape index (κ2) is 5.60. The first-order valence-electron chi connectivity index (χ1n) is 5.40. The van der Waals surface area contributed by atoms with E-state index in [1.54, 1.807) is 37.4 Å². The van der Waals surface area contributed by atoms with Gasteiger partial charge in [0, 0.05) is 5.02 Å². The number of ether oxygens (including phenoxy) is 1. The molecular weight excluding hydrogens is 252 g/mol. The Hall–Kier alpha value is -1.94. The summed E-state index contributed by atoms with van der Waals surface area (Å²) < 4.78 is 5.23. The van der Waals surface area contributed by atoms with Crippen LogP contribution in [0.15, 0.2) is 36.5 Å². The molecule has 2 N–H and O–H groups in total. The number of benzene rings is 1. The standard InChI is InChI=1S/C13H13ClN2O2/c1-18-13-5-2-9(14)6-12(13)16-7-10-3-4-11(17)8-15-10/h2-6,8,16-17H,7H2,1H3. The number of pyridine rings is 1. The van der Waals surface area contributed by atoms with Crippen molar-refractivity contribution in [2.45, 2.75) is 6.54 Å². The van der Waals surface area contributed by atoms with Gasteiger partial charge < -0.3 is 15.2 Å². The molecular formula is C13H13ClN2O2. The summed E-state index contributed by atoms with van der Waals surface area (Å²) in [7, 11) is 1.60. The third-order valence-electron chi connectivity index (χ3n) is 2.43. The molecule has 2 aromatic rings. The van der Waals surface area contributed by atoms with E-state index < -0.39 is 0 Å². The van der Waals surface area contributed by atoms with Gasteiger partial charge in [-0.1, -0.05) is 11.6 Å². The van der Waals surface area contributed by atoms with E-state index in [1.165, 1.54) is 6.20 Å². The molecule has 0 aliphatic carbocycles. The maximum absolute atomic E-state index is 9.14. The number of anilines is 1. The number of rotatable bonds is 4. The van der Waals surface area contributed by atoms with E-state index in [2.05, 4.69) is 10.3 Å². The van der Waals surface area contributed by atoms with Crippen LogP contribution in [0.5, 0.6) is 11.5 Å². The number of methoxy groups -OCH3 is 1. The molecule has 18 heavy (non-hydrogen) atoms. The average Bonchev–Trinajstić information content (AvgIpc) is 2.38. The first-order chi connectivity index (χ1) is 8.69. The fourth-order valence-corrected chi connectivity index (χ4v) is 1.70. The zero-order valence-corrected chi connectivity index (χ0v) is 10.6. The highest BCUT2D eigenvalue weighted by Crippen LogP contribution is 2.27. The van der Waals surface area contributed by atoms with Crippen molar-refractivity contribution < 1.29 is 9.84 Å². The molecule has 0 unspecified atom stereocenters. The summed E-state index contributed by atoms with van der Waals surface area (Å²) in [4.78, 5) is 4.08. The normalized spacial score (nSPS) is 10.1. The van der Waals surface area contributed by atoms with Gasteiger partial charge in [-0.2, -0.15) is 0 Å². The molecule has 0 aliphatic heterocycles. The van der Waals surface area contributed by atoms with Crippen LogP contribution >= 0.6 is 11.6 Å². The van der Waals surface area contributed by atoms with Crippen LogP contribution in [0.25, 0.3) is 0 Å². The Morgan fingerprint density at radius 3 is 2.83 bits per heavy atom. The Balaban J connectivity index is 2.09. The van der Waals surface area contributed by atoms with E-state index in [-0.39, 0.29) is 5.75 Å². The lowest BCUT2D eigenvalue weighted by molar-refractivity contribution is 0.416. The molecule has 0 bridgehead atoms. The Kier molecular flexibility index (Phi) is 3.89. The van der Waals surface area contributed by atoms with E-state index in [0.717, 1.165) is 17.1 Å². The first kappa shape index (κ1) is 12.5. The van der Waals surface area contributed by atoms with Gasteiger partial charge in [-0.25, -0.2) is 0 Å². The van der Waals surface area contributed by atoms with Crippen molar-refractivity contribution in [1.82, 2.24) is 4.98 Å². The summed E-state index contributed by atoms with van der Waals surface area (Å²) in [5.41, 5.74) is 1.62. The molecule has 0 fully saturated rings. The van der Waals surface area contributed by atoms with Gasteiger partial charge in [-0.3, -0.25) is 4.98 Å². The number of aromatic hydroxyl groups is 1. The maximum Gasteiger partial charge on any atom is 0.142 e. The number of hydrogen-bond acceptors (Lipinski definition) is 4. The molecule has 0 saturated heterocycles. The topological polar surface area (TPSA) is 54.4 Å². The minimum atomic E-state index is 0.152. The zero-order chi connectivity index (χ0) is 13.0. The maximum atomic E-state index is 9.14. The van der Waals surface area contributed by atoms with Crippen LogP contribution in [0.1, 0.15) is 5.69 Å². The van der Waals surface area contributed by atoms with E-state index in [0.29, 0.717) is 11.6 Å². The van der Waals surface area contributed by atoms with Crippen molar-refractivity contribution in [3.05, 3.63) is 47.2 Å². The van der Waals surface area contributed by atoms with Crippen molar-refractivity contribution in [2.75, 3.05) is 12.4 Å². The van der Waals surface area contributed by atoms with E-state index in [9.17, 15) is 0 Å². The second-order valence-corrected chi connectivity index (χ2v) is 4.14. The Morgan fingerprint density at radius 1 is 1.33 bits per heavy atom. The summed E-state index contributed by atoms with van der Waals surface area (Å²) in [5.74, 6) is 0.872. The molecule has 1 aromatic carbocycles. The molecule has 0 aliphatic rings. The monoisotopic (exact) mass is 264 g/mol. The van der Waals surface area contributed by atoms with E-state index in [1.807, 2.05) is 0 Å². The number of halogens is 1. The van der Waals surface area contributed by atoms with Crippen molar-refractivity contribution >= 4 is 17.3 Å². The highest BCUT2D eigenvalue weighted by atomic mass is 35.5. The fraction of sp³-hybridized carbons (Fsp3) is 0.154. The largest absolute Gasteiger partial charge is 0.506 e. The minimum Gasteiger partial charge on any atom is -0.506 e. The quantitative estimate of drug-likeness (QED) is 0.891. The van der Waals surface area contributed by atoms with Crippen molar-refractivity contribution in [1.29, 1.82) is 0 Å². The van der Waals surface area contributed by atoms with Gasteiger partial charge in [0.1, 0.15) is 11.5 Å². The van der Waals surface area contributed by atoms with Crippen molar-refractivity contribution in [2.24, 2.45) is 0 Å². The second-order valence-electron chi connectivity index (χ2n) is 3.71. The molecule has 1 aromatic heterocycles. The number of nitrogens with zero attached hydrogens (tertiary/aromatic N) is 1. The first-order valence-corrected chi connectivity index (χ1v) is 5.78. The summed E-state index contributed by atoms with van der Waals surface area (Å²) >= 11 is 5.93. The Labute approximate surface area is 110 Å². The highest BCUT2D eigenvalue weighted by molar-refractivity contribution is 6.30. The lowest BCUT2D eigenvalue weighted by Crippen LogP contribution is -2.02. The molecule has 0 saturated carbocycles. The highest BCUT2D eigenvalue weighted by Gasteiger charge is 2.04. The lowest BCUT2D eigenvalue weighted by atomic mass is 10.2.